The van der Waals surface area contributed by atoms with Crippen LogP contribution in [0.15, 0.2) is 42.0 Å². The van der Waals surface area contributed by atoms with E-state index < -0.39 is 66.5 Å². The molecular weight excluding hydrogens is 653 g/mol. The summed E-state index contributed by atoms with van der Waals surface area (Å²) >= 11 is 0. The predicted molar refractivity (Wildman–Crippen MR) is 186 cm³/mol. The Labute approximate surface area is 297 Å². The summed E-state index contributed by atoms with van der Waals surface area (Å²) in [7, 11) is -2.37. The fraction of sp³-hybridized carbons (Fsp3) is 0.725. The van der Waals surface area contributed by atoms with Crippen molar-refractivity contribution in [1.82, 2.24) is 0 Å². The van der Waals surface area contributed by atoms with E-state index in [2.05, 4.69) is 33.8 Å². The van der Waals surface area contributed by atoms with E-state index in [4.69, 9.17) is 28.1 Å². The zero-order valence-corrected chi connectivity index (χ0v) is 31.9. The second-order valence-corrected chi connectivity index (χ2v) is 21.9. The minimum Gasteiger partial charge on any atom is -0.459 e. The molecule has 0 N–H and O–H groups in total. The largest absolute Gasteiger partial charge is 0.459 e. The maximum atomic E-state index is 14.6. The van der Waals surface area contributed by atoms with Crippen LogP contribution < -0.4 is 0 Å². The molecule has 0 radical (unpaired) electrons. The number of ketones is 1. The lowest BCUT2D eigenvalue weighted by Gasteiger charge is -2.52. The van der Waals surface area contributed by atoms with Gasteiger partial charge in [0.2, 0.25) is 5.79 Å². The van der Waals surface area contributed by atoms with Gasteiger partial charge in [-0.3, -0.25) is 9.59 Å². The number of cyclic esters (lactones) is 1. The minimum atomic E-state index is -2.37. The van der Waals surface area contributed by atoms with Crippen LogP contribution in [0.25, 0.3) is 0 Å². The van der Waals surface area contributed by atoms with Crippen LogP contribution in [0.3, 0.4) is 0 Å². The maximum Gasteiger partial charge on any atom is 0.338 e. The van der Waals surface area contributed by atoms with Gasteiger partial charge in [0.25, 0.3) is 0 Å². The highest BCUT2D eigenvalue weighted by atomic mass is 28.4. The number of Topliss-reactive ketones (excluding diaryl/α,β-unsaturated/α-hetero) is 1. The van der Waals surface area contributed by atoms with Gasteiger partial charge in [0.15, 0.2) is 13.9 Å². The monoisotopic (exact) mass is 706 g/mol. The molecule has 50 heavy (non-hydrogen) atoms. The van der Waals surface area contributed by atoms with E-state index in [1.165, 1.54) is 0 Å². The highest BCUT2D eigenvalue weighted by Gasteiger charge is 2.81. The zero-order valence-electron chi connectivity index (χ0n) is 30.9. The van der Waals surface area contributed by atoms with Crippen LogP contribution >= 0.6 is 0 Å². The molecule has 10 heteroatoms. The molecule has 8 rings (SSSR count). The Hall–Kier alpha value is -2.37. The summed E-state index contributed by atoms with van der Waals surface area (Å²) in [5.74, 6) is -3.72. The van der Waals surface area contributed by atoms with Gasteiger partial charge in [-0.05, 0) is 69.3 Å². The first-order chi connectivity index (χ1) is 23.7. The summed E-state index contributed by atoms with van der Waals surface area (Å²) in [6.07, 6.45) is 2.27. The Morgan fingerprint density at radius 2 is 1.62 bits per heavy atom. The van der Waals surface area contributed by atoms with E-state index in [9.17, 15) is 14.4 Å². The van der Waals surface area contributed by atoms with Crippen LogP contribution in [0.5, 0.6) is 0 Å². The fourth-order valence-electron chi connectivity index (χ4n) is 11.8. The lowest BCUT2D eigenvalue weighted by Crippen LogP contribution is -2.65. The smallest absolute Gasteiger partial charge is 0.338 e. The van der Waals surface area contributed by atoms with Gasteiger partial charge in [-0.2, -0.15) is 0 Å². The van der Waals surface area contributed by atoms with Crippen molar-refractivity contribution in [3.8, 4) is 0 Å². The van der Waals surface area contributed by atoms with Crippen molar-refractivity contribution in [2.75, 3.05) is 0 Å². The summed E-state index contributed by atoms with van der Waals surface area (Å²) < 4.78 is 41.8. The zero-order chi connectivity index (χ0) is 35.6. The van der Waals surface area contributed by atoms with Gasteiger partial charge in [0.1, 0.15) is 29.7 Å². The Kier molecular flexibility index (Phi) is 7.85. The molecule has 5 heterocycles. The minimum absolute atomic E-state index is 0.153. The van der Waals surface area contributed by atoms with Crippen molar-refractivity contribution in [2.24, 2.45) is 35.0 Å². The number of allylic oxidation sites excluding steroid dienone is 1. The molecule has 1 saturated carbocycles. The van der Waals surface area contributed by atoms with E-state index in [1.54, 1.807) is 0 Å². The number of hydrogen-bond acceptors (Lipinski definition) is 9. The van der Waals surface area contributed by atoms with Gasteiger partial charge in [-0.1, -0.05) is 71.0 Å². The summed E-state index contributed by atoms with van der Waals surface area (Å²) in [5, 5.41) is 0. The third-order valence-electron chi connectivity index (χ3n) is 14.6. The Bertz CT molecular complexity index is 1610. The van der Waals surface area contributed by atoms with Crippen LogP contribution in [0.1, 0.15) is 86.6 Å². The molecule has 0 aromatic heterocycles. The average molecular weight is 707 g/mol. The SMILES string of the molecule is CC[Si](CC)(CC)O[C@]12C[C@]34CC[C@]5(C)C(=O)[C@@H](C)[C@@H]6[C@H]7OC(=O)[C@H](C)[C@H]7O[C@](O3)([C@@H]65)[C@@H](OCc3ccccc3)C4=CC[C@H]1C(C)(C)OC2=O. The molecule has 0 amide bonds. The summed E-state index contributed by atoms with van der Waals surface area (Å²) in [4.78, 5) is 42.3. The van der Waals surface area contributed by atoms with E-state index in [-0.39, 0.29) is 41.9 Å². The molecule has 5 aliphatic heterocycles. The van der Waals surface area contributed by atoms with Crippen LogP contribution in [-0.2, 0) is 49.1 Å². The normalized spacial score (nSPS) is 45.4. The Morgan fingerprint density at radius 1 is 0.920 bits per heavy atom. The second-order valence-electron chi connectivity index (χ2n) is 17.2. The van der Waals surface area contributed by atoms with E-state index >= 15 is 0 Å². The maximum absolute atomic E-state index is 14.6. The van der Waals surface area contributed by atoms with Crippen molar-refractivity contribution in [3.05, 3.63) is 47.5 Å². The van der Waals surface area contributed by atoms with Crippen molar-refractivity contribution in [1.29, 1.82) is 0 Å². The van der Waals surface area contributed by atoms with E-state index in [1.807, 2.05) is 58.0 Å². The van der Waals surface area contributed by atoms with Crippen LogP contribution in [0.4, 0.5) is 0 Å². The number of carbonyl (C=O) groups is 3. The van der Waals surface area contributed by atoms with Gasteiger partial charge in [-0.15, -0.1) is 0 Å². The molecule has 12 atom stereocenters. The number of esters is 2. The van der Waals surface area contributed by atoms with Crippen molar-refractivity contribution >= 4 is 26.0 Å². The van der Waals surface area contributed by atoms with Gasteiger partial charge in [-0.25, -0.2) is 4.79 Å². The number of rotatable bonds is 8. The topological polar surface area (TPSA) is 107 Å². The molecule has 2 aliphatic carbocycles. The highest BCUT2D eigenvalue weighted by molar-refractivity contribution is 6.73. The van der Waals surface area contributed by atoms with Crippen LogP contribution in [0, 0.1) is 35.0 Å². The number of ether oxygens (including phenoxy) is 5. The predicted octanol–water partition coefficient (Wildman–Crippen LogP) is 6.68. The average Bonchev–Trinajstić information content (AvgIpc) is 3.57. The summed E-state index contributed by atoms with van der Waals surface area (Å²) in [6.45, 7) is 16.7. The molecule has 6 fully saturated rings. The van der Waals surface area contributed by atoms with Crippen LogP contribution in [-0.4, -0.2) is 66.9 Å². The molecule has 7 aliphatic rings. The Balaban J connectivity index is 1.33. The van der Waals surface area contributed by atoms with Crippen LogP contribution in [0.2, 0.25) is 18.1 Å². The molecule has 5 saturated heterocycles. The van der Waals surface area contributed by atoms with Gasteiger partial charge < -0.3 is 28.1 Å². The van der Waals surface area contributed by atoms with Crippen molar-refractivity contribution in [2.45, 2.75) is 147 Å². The quantitative estimate of drug-likeness (QED) is 0.166. The highest BCUT2D eigenvalue weighted by Crippen LogP contribution is 2.71. The molecule has 1 aromatic carbocycles. The van der Waals surface area contributed by atoms with Gasteiger partial charge in [0.05, 0.1) is 18.1 Å². The standard InChI is InChI=1S/C40H54O9Si/c1-9-50(10-2,11-3)49-39-22-38-20-19-37(8)31-28(23(4)32(37)41)30-29(24(5)34(42)45-30)46-40(31,48-38)33(44-21-25-15-13-12-14-16-25)26(38)17-18-27(39)36(6,7)47-35(39)43/h12-17,23-24,27-31,33H,9-11,18-22H2,1-8H3/t23-,24+,27-,28+,29+,30+,31-,33-,37-,38-,39+,40-/m0/s1. The van der Waals surface area contributed by atoms with E-state index in [0.717, 1.165) is 29.3 Å². The fourth-order valence-corrected chi connectivity index (χ4v) is 14.8. The third kappa shape index (κ3) is 4.40. The van der Waals surface area contributed by atoms with Crippen molar-refractivity contribution in [3.63, 3.8) is 0 Å². The first-order valence-electron chi connectivity index (χ1n) is 19.1. The first-order valence-corrected chi connectivity index (χ1v) is 21.6. The number of benzene rings is 1. The third-order valence-corrected chi connectivity index (χ3v) is 19.3. The summed E-state index contributed by atoms with van der Waals surface area (Å²) in [6, 6.07) is 12.7. The summed E-state index contributed by atoms with van der Waals surface area (Å²) in [5.41, 5.74) is -1.86. The lowest BCUT2D eigenvalue weighted by atomic mass is 9.61. The van der Waals surface area contributed by atoms with Gasteiger partial charge >= 0.3 is 11.9 Å². The number of fused-ring (bicyclic) bond motifs is 3. The van der Waals surface area contributed by atoms with Crippen molar-refractivity contribution < 1.29 is 42.5 Å². The molecule has 2 spiro atoms. The van der Waals surface area contributed by atoms with E-state index in [0.29, 0.717) is 25.9 Å². The lowest BCUT2D eigenvalue weighted by molar-refractivity contribution is -0.368. The second kappa shape index (κ2) is 11.3. The first kappa shape index (κ1) is 34.7. The number of carbonyl (C=O) groups excluding carboxylic acids is 3. The molecular formula is C40H54O9Si. The number of hydrogen-bond donors (Lipinski definition) is 0. The molecule has 2 bridgehead atoms. The molecule has 1 aromatic rings. The Morgan fingerprint density at radius 3 is 2.30 bits per heavy atom. The molecule has 9 nitrogen and oxygen atoms in total. The molecule has 272 valence electrons. The molecule has 0 unspecified atom stereocenters. The van der Waals surface area contributed by atoms with Gasteiger partial charge in [0, 0.05) is 35.5 Å².